The van der Waals surface area contributed by atoms with E-state index in [9.17, 15) is 4.79 Å². The summed E-state index contributed by atoms with van der Waals surface area (Å²) in [7, 11) is 1.61. The van der Waals surface area contributed by atoms with Crippen molar-refractivity contribution in [2.75, 3.05) is 7.11 Å². The third-order valence-electron chi connectivity index (χ3n) is 4.10. The van der Waals surface area contributed by atoms with Gasteiger partial charge in [-0.3, -0.25) is 4.79 Å². The molecule has 0 aliphatic heterocycles. The molecular weight excluding hydrogens is 324 g/mol. The topological polar surface area (TPSA) is 35.5 Å². The van der Waals surface area contributed by atoms with E-state index in [0.717, 1.165) is 24.2 Å². The fraction of sp³-hybridized carbons (Fsp3) is 0.650. The Morgan fingerprint density at radius 2 is 1.50 bits per heavy atom. The molecule has 0 saturated heterocycles. The van der Waals surface area contributed by atoms with Gasteiger partial charge >= 0.3 is 5.97 Å². The first-order valence-corrected chi connectivity index (χ1v) is 9.58. The molecule has 0 aliphatic rings. The van der Waals surface area contributed by atoms with Crippen LogP contribution in [0.25, 0.3) is 0 Å². The van der Waals surface area contributed by atoms with Crippen molar-refractivity contribution >= 4 is 17.6 Å². The van der Waals surface area contributed by atoms with Crippen LogP contribution >= 0.6 is 11.6 Å². The molecule has 1 aromatic rings. The Morgan fingerprint density at radius 3 is 2.04 bits per heavy atom. The van der Waals surface area contributed by atoms with Crippen LogP contribution in [0.1, 0.15) is 82.3 Å². The molecule has 3 nitrogen and oxygen atoms in total. The Balaban J connectivity index is 2.08. The van der Waals surface area contributed by atoms with Crippen LogP contribution in [0.15, 0.2) is 24.3 Å². The number of rotatable bonds is 13. The zero-order valence-electron chi connectivity index (χ0n) is 15.1. The van der Waals surface area contributed by atoms with E-state index in [0.29, 0.717) is 6.42 Å². The Hall–Kier alpha value is -1.22. The first-order chi connectivity index (χ1) is 11.7. The van der Waals surface area contributed by atoms with Crippen molar-refractivity contribution in [3.63, 3.8) is 0 Å². The lowest BCUT2D eigenvalue weighted by molar-refractivity contribution is -0.145. The van der Waals surface area contributed by atoms with Crippen LogP contribution in [0.5, 0.6) is 5.75 Å². The molecule has 1 aromatic carbocycles. The molecule has 1 atom stereocenters. The molecule has 24 heavy (non-hydrogen) atoms. The first kappa shape index (κ1) is 20.8. The quantitative estimate of drug-likeness (QED) is 0.233. The van der Waals surface area contributed by atoms with Gasteiger partial charge in [0.05, 0.1) is 7.11 Å². The first-order valence-electron chi connectivity index (χ1n) is 9.15. The molecule has 0 saturated carbocycles. The van der Waals surface area contributed by atoms with E-state index in [4.69, 9.17) is 21.1 Å². The van der Waals surface area contributed by atoms with Crippen LogP contribution in [0.4, 0.5) is 0 Å². The van der Waals surface area contributed by atoms with E-state index < -0.39 is 5.56 Å². The van der Waals surface area contributed by atoms with Gasteiger partial charge in [-0.2, -0.15) is 0 Å². The van der Waals surface area contributed by atoms with Crippen molar-refractivity contribution in [3.8, 4) is 5.75 Å². The molecule has 0 bridgehead atoms. The van der Waals surface area contributed by atoms with Gasteiger partial charge in [-0.05, 0) is 18.6 Å². The highest BCUT2D eigenvalue weighted by Gasteiger charge is 2.13. The predicted molar refractivity (Wildman–Crippen MR) is 99.5 cm³/mol. The smallest absolute Gasteiger partial charge is 0.307 e. The highest BCUT2D eigenvalue weighted by molar-refractivity contribution is 6.20. The van der Waals surface area contributed by atoms with Gasteiger partial charge in [0.15, 0.2) is 0 Å². The number of esters is 1. The number of hydrogen-bond acceptors (Lipinski definition) is 3. The van der Waals surface area contributed by atoms with Gasteiger partial charge in [-0.15, -0.1) is 0 Å². The molecule has 4 heteroatoms. The van der Waals surface area contributed by atoms with Gasteiger partial charge in [0.2, 0.25) is 5.56 Å². The Labute approximate surface area is 151 Å². The van der Waals surface area contributed by atoms with E-state index in [1.165, 1.54) is 44.9 Å². The molecule has 1 rings (SSSR count). The second kappa shape index (κ2) is 13.1. The summed E-state index contributed by atoms with van der Waals surface area (Å²) >= 11 is 6.14. The van der Waals surface area contributed by atoms with Crippen molar-refractivity contribution in [1.82, 2.24) is 0 Å². The Bertz CT molecular complexity index is 445. The van der Waals surface area contributed by atoms with Gasteiger partial charge in [-0.1, -0.05) is 82.0 Å². The fourth-order valence-corrected chi connectivity index (χ4v) is 2.82. The Kier molecular flexibility index (Phi) is 11.4. The number of alkyl halides is 1. The lowest BCUT2D eigenvalue weighted by Gasteiger charge is -2.12. The zero-order valence-corrected chi connectivity index (χ0v) is 15.8. The average molecular weight is 355 g/mol. The molecule has 0 amide bonds. The number of carbonyl (C=O) groups is 1. The van der Waals surface area contributed by atoms with Gasteiger partial charge in [0.1, 0.15) is 5.75 Å². The minimum atomic E-state index is -0.734. The SMILES string of the molecule is CCCCCCCCCCCC(=O)OC(Cl)c1ccc(OC)cc1. The second-order valence-electron chi connectivity index (χ2n) is 6.16. The molecule has 1 unspecified atom stereocenters. The van der Waals surface area contributed by atoms with E-state index in [-0.39, 0.29) is 5.97 Å². The van der Waals surface area contributed by atoms with E-state index in [2.05, 4.69) is 6.92 Å². The number of benzene rings is 1. The van der Waals surface area contributed by atoms with E-state index >= 15 is 0 Å². The number of methoxy groups -OCH3 is 1. The van der Waals surface area contributed by atoms with Gasteiger partial charge in [0.25, 0.3) is 0 Å². The average Bonchev–Trinajstić information content (AvgIpc) is 2.60. The van der Waals surface area contributed by atoms with E-state index in [1.807, 2.05) is 12.1 Å². The number of hydrogen-bond donors (Lipinski definition) is 0. The van der Waals surface area contributed by atoms with Crippen molar-refractivity contribution in [3.05, 3.63) is 29.8 Å². The van der Waals surface area contributed by atoms with Crippen LogP contribution in [-0.4, -0.2) is 13.1 Å². The summed E-state index contributed by atoms with van der Waals surface area (Å²) in [5, 5.41) is 0. The van der Waals surface area contributed by atoms with Crippen molar-refractivity contribution in [1.29, 1.82) is 0 Å². The normalized spacial score (nSPS) is 12.0. The monoisotopic (exact) mass is 354 g/mol. The molecule has 0 spiro atoms. The second-order valence-corrected chi connectivity index (χ2v) is 6.55. The molecule has 0 aromatic heterocycles. The van der Waals surface area contributed by atoms with Gasteiger partial charge in [0, 0.05) is 12.0 Å². The predicted octanol–water partition coefficient (Wildman–Crippen LogP) is 6.40. The van der Waals surface area contributed by atoms with Gasteiger partial charge < -0.3 is 9.47 Å². The summed E-state index contributed by atoms with van der Waals surface area (Å²) in [6.07, 6.45) is 11.5. The molecule has 136 valence electrons. The maximum atomic E-state index is 11.8. The molecule has 0 heterocycles. The van der Waals surface area contributed by atoms with Crippen molar-refractivity contribution in [2.45, 2.75) is 76.7 Å². The summed E-state index contributed by atoms with van der Waals surface area (Å²) in [6.45, 7) is 2.24. The summed E-state index contributed by atoms with van der Waals surface area (Å²) in [6, 6.07) is 7.22. The van der Waals surface area contributed by atoms with Crippen molar-refractivity contribution in [2.24, 2.45) is 0 Å². The summed E-state index contributed by atoms with van der Waals surface area (Å²) in [5.41, 5.74) is 0.0277. The molecule has 0 aliphatic carbocycles. The van der Waals surface area contributed by atoms with Crippen LogP contribution in [-0.2, 0) is 9.53 Å². The molecule has 0 N–H and O–H groups in total. The lowest BCUT2D eigenvalue weighted by atomic mass is 10.1. The minimum Gasteiger partial charge on any atom is -0.497 e. The summed E-state index contributed by atoms with van der Waals surface area (Å²) in [5.74, 6) is 0.525. The van der Waals surface area contributed by atoms with Crippen LogP contribution in [0.3, 0.4) is 0 Å². The maximum Gasteiger partial charge on any atom is 0.307 e. The van der Waals surface area contributed by atoms with Crippen LogP contribution in [0, 0.1) is 0 Å². The number of unbranched alkanes of at least 4 members (excludes halogenated alkanes) is 8. The molecule has 0 radical (unpaired) electrons. The summed E-state index contributed by atoms with van der Waals surface area (Å²) < 4.78 is 10.4. The number of halogens is 1. The molecular formula is C20H31ClO3. The van der Waals surface area contributed by atoms with E-state index in [1.54, 1.807) is 19.2 Å². The largest absolute Gasteiger partial charge is 0.497 e. The highest BCUT2D eigenvalue weighted by atomic mass is 35.5. The number of carbonyl (C=O) groups excluding carboxylic acids is 1. The zero-order chi connectivity index (χ0) is 17.6. The van der Waals surface area contributed by atoms with Crippen LogP contribution < -0.4 is 4.74 Å². The third-order valence-corrected chi connectivity index (χ3v) is 4.44. The summed E-state index contributed by atoms with van der Waals surface area (Å²) in [4.78, 5) is 11.8. The van der Waals surface area contributed by atoms with Crippen LogP contribution in [0.2, 0.25) is 0 Å². The van der Waals surface area contributed by atoms with Gasteiger partial charge in [-0.25, -0.2) is 0 Å². The highest BCUT2D eigenvalue weighted by Crippen LogP contribution is 2.24. The lowest BCUT2D eigenvalue weighted by Crippen LogP contribution is -2.07. The minimum absolute atomic E-state index is 0.228. The third kappa shape index (κ3) is 9.17. The fourth-order valence-electron chi connectivity index (χ4n) is 2.58. The Morgan fingerprint density at radius 1 is 0.958 bits per heavy atom. The number of ether oxygens (including phenoxy) is 2. The molecule has 0 fully saturated rings. The maximum absolute atomic E-state index is 11.8. The van der Waals surface area contributed by atoms with Crippen molar-refractivity contribution < 1.29 is 14.3 Å². The standard InChI is InChI=1S/C20H31ClO3/c1-3-4-5-6-7-8-9-10-11-12-19(22)24-20(21)17-13-15-18(23-2)16-14-17/h13-16,20H,3-12H2,1-2H3.